The number of hydrogen-bond donors (Lipinski definition) is 0. The average Bonchev–Trinajstić information content (AvgIpc) is 3.79. The topological polar surface area (TPSA) is 70.5 Å². The molecule has 0 spiro atoms. The van der Waals surface area contributed by atoms with Crippen molar-refractivity contribution in [2.24, 2.45) is 13.0 Å². The summed E-state index contributed by atoms with van der Waals surface area (Å²) in [6.45, 7) is 5.32. The van der Waals surface area contributed by atoms with Gasteiger partial charge in [-0.25, -0.2) is 0 Å². The molecule has 1 aromatic carbocycles. The fourth-order valence-electron chi connectivity index (χ4n) is 5.31. The van der Waals surface area contributed by atoms with Gasteiger partial charge in [0.2, 0.25) is 0 Å². The maximum absolute atomic E-state index is 14.2. The van der Waals surface area contributed by atoms with Crippen molar-refractivity contribution in [1.29, 1.82) is 0 Å². The van der Waals surface area contributed by atoms with Gasteiger partial charge in [-0.3, -0.25) is 14.5 Å². The molecule has 0 amide bonds. The summed E-state index contributed by atoms with van der Waals surface area (Å²) in [5, 5.41) is 10.5. The van der Waals surface area contributed by atoms with Crippen LogP contribution in [0, 0.1) is 5.92 Å². The normalized spacial score (nSPS) is 16.0. The molecule has 36 heavy (non-hydrogen) atoms. The largest absolute Gasteiger partial charge is 0.345 e. The molecule has 0 bridgehead atoms. The zero-order valence-electron chi connectivity index (χ0n) is 21.0. The Bertz CT molecular complexity index is 1680. The lowest BCUT2D eigenvalue weighted by atomic mass is 10.0. The number of benzene rings is 1. The summed E-state index contributed by atoms with van der Waals surface area (Å²) in [6.07, 6.45) is 11.0. The van der Waals surface area contributed by atoms with Gasteiger partial charge in [-0.05, 0) is 61.8 Å². The quantitative estimate of drug-likeness (QED) is 0.321. The number of aryl methyl sites for hydroxylation is 1. The Labute approximate surface area is 209 Å². The highest BCUT2D eigenvalue weighted by Gasteiger charge is 2.28. The molecule has 2 saturated carbocycles. The molecule has 7 nitrogen and oxygen atoms in total. The van der Waals surface area contributed by atoms with E-state index in [2.05, 4.69) is 41.8 Å². The first-order valence-electron chi connectivity index (χ1n) is 13.0. The van der Waals surface area contributed by atoms with Crippen LogP contribution in [0.3, 0.4) is 0 Å². The summed E-state index contributed by atoms with van der Waals surface area (Å²) in [7, 11) is 1.91. The van der Waals surface area contributed by atoms with Crippen LogP contribution < -0.4 is 5.56 Å². The van der Waals surface area contributed by atoms with Gasteiger partial charge in [-0.1, -0.05) is 19.9 Å². The van der Waals surface area contributed by atoms with E-state index in [4.69, 9.17) is 10.1 Å². The van der Waals surface area contributed by atoms with E-state index in [0.29, 0.717) is 17.4 Å². The standard InChI is InChI=1S/C29H30N6O/c1-17(2)23-16-34(14-18-4-5-18)28-26(20-8-10-24(30-13-20)19-6-7-19)29(36)35(32-27(23)28)22-9-11-25-21(12-22)15-33(3)31-25/h8-13,15-19H,4-7,14H2,1-3H3. The average molecular weight is 479 g/mol. The van der Waals surface area contributed by atoms with Crippen molar-refractivity contribution in [1.82, 2.24) is 29.1 Å². The van der Waals surface area contributed by atoms with Crippen LogP contribution >= 0.6 is 0 Å². The van der Waals surface area contributed by atoms with Crippen LogP contribution in [-0.2, 0) is 13.6 Å². The molecule has 2 aliphatic carbocycles. The molecular weight excluding hydrogens is 448 g/mol. The van der Waals surface area contributed by atoms with Crippen LogP contribution in [0.4, 0.5) is 0 Å². The molecule has 0 atom stereocenters. The first kappa shape index (κ1) is 21.5. The predicted octanol–water partition coefficient (Wildman–Crippen LogP) is 5.55. The maximum Gasteiger partial charge on any atom is 0.281 e. The first-order valence-corrected chi connectivity index (χ1v) is 13.0. The summed E-state index contributed by atoms with van der Waals surface area (Å²) < 4.78 is 5.66. The molecule has 7 heteroatoms. The van der Waals surface area contributed by atoms with Crippen molar-refractivity contribution in [3.05, 3.63) is 70.5 Å². The number of rotatable bonds is 6. The van der Waals surface area contributed by atoms with E-state index < -0.39 is 0 Å². The van der Waals surface area contributed by atoms with Gasteiger partial charge in [0.15, 0.2) is 0 Å². The van der Waals surface area contributed by atoms with Crippen LogP contribution in [0.1, 0.15) is 62.6 Å². The van der Waals surface area contributed by atoms with Crippen molar-refractivity contribution in [2.45, 2.75) is 57.9 Å². The molecule has 2 aliphatic rings. The molecule has 4 aromatic heterocycles. The van der Waals surface area contributed by atoms with Crippen LogP contribution in [-0.4, -0.2) is 29.1 Å². The fourth-order valence-corrected chi connectivity index (χ4v) is 5.31. The molecule has 0 saturated heterocycles. The molecule has 4 heterocycles. The Morgan fingerprint density at radius 1 is 1.03 bits per heavy atom. The zero-order chi connectivity index (χ0) is 24.6. The van der Waals surface area contributed by atoms with Gasteiger partial charge in [0, 0.05) is 60.3 Å². The van der Waals surface area contributed by atoms with Gasteiger partial charge in [0.05, 0.1) is 22.3 Å². The minimum atomic E-state index is -0.114. The maximum atomic E-state index is 14.2. The van der Waals surface area contributed by atoms with Crippen molar-refractivity contribution < 1.29 is 0 Å². The van der Waals surface area contributed by atoms with Gasteiger partial charge in [0.1, 0.15) is 5.52 Å². The van der Waals surface area contributed by atoms with Crippen molar-refractivity contribution in [2.75, 3.05) is 0 Å². The van der Waals surface area contributed by atoms with E-state index in [1.807, 2.05) is 37.6 Å². The second-order valence-corrected chi connectivity index (χ2v) is 10.9. The number of hydrogen-bond acceptors (Lipinski definition) is 4. The third-order valence-corrected chi connectivity index (χ3v) is 7.61. The van der Waals surface area contributed by atoms with E-state index in [9.17, 15) is 4.79 Å². The molecule has 0 unspecified atom stereocenters. The van der Waals surface area contributed by atoms with E-state index in [-0.39, 0.29) is 11.5 Å². The molecule has 7 rings (SSSR count). The molecule has 0 radical (unpaired) electrons. The van der Waals surface area contributed by atoms with Gasteiger partial charge < -0.3 is 4.57 Å². The van der Waals surface area contributed by atoms with Gasteiger partial charge in [-0.15, -0.1) is 0 Å². The molecule has 0 N–H and O–H groups in total. The lowest BCUT2D eigenvalue weighted by molar-refractivity contribution is 0.643. The summed E-state index contributed by atoms with van der Waals surface area (Å²) >= 11 is 0. The van der Waals surface area contributed by atoms with Crippen LogP contribution in [0.15, 0.2) is 53.7 Å². The van der Waals surface area contributed by atoms with Crippen molar-refractivity contribution >= 4 is 21.9 Å². The monoisotopic (exact) mass is 478 g/mol. The summed E-state index contributed by atoms with van der Waals surface area (Å²) in [6, 6.07) is 10.1. The van der Waals surface area contributed by atoms with Crippen LogP contribution in [0.2, 0.25) is 0 Å². The minimum Gasteiger partial charge on any atom is -0.345 e. The number of fused-ring (bicyclic) bond motifs is 2. The molecular formula is C29H30N6O. The highest BCUT2D eigenvalue weighted by Crippen LogP contribution is 2.40. The van der Waals surface area contributed by atoms with Crippen LogP contribution in [0.5, 0.6) is 0 Å². The van der Waals surface area contributed by atoms with Crippen molar-refractivity contribution in [3.8, 4) is 16.8 Å². The lowest BCUT2D eigenvalue weighted by Crippen LogP contribution is -2.24. The molecule has 0 aliphatic heterocycles. The van der Waals surface area contributed by atoms with E-state index in [1.54, 1.807) is 9.36 Å². The SMILES string of the molecule is CC(C)c1cn(CC2CC2)c2c(-c3ccc(C4CC4)nc3)c(=O)n(-c3ccc4nn(C)cc4c3)nc12. The molecule has 182 valence electrons. The first-order chi connectivity index (χ1) is 17.5. The zero-order valence-corrected chi connectivity index (χ0v) is 21.0. The summed E-state index contributed by atoms with van der Waals surface area (Å²) in [5.74, 6) is 1.54. The number of nitrogens with zero attached hydrogens (tertiary/aromatic N) is 6. The highest BCUT2D eigenvalue weighted by molar-refractivity contribution is 5.94. The molecule has 5 aromatic rings. The Morgan fingerprint density at radius 3 is 2.56 bits per heavy atom. The Hall–Kier alpha value is -3.74. The Balaban J connectivity index is 1.51. The minimum absolute atomic E-state index is 0.114. The van der Waals surface area contributed by atoms with Crippen molar-refractivity contribution in [3.63, 3.8) is 0 Å². The van der Waals surface area contributed by atoms with E-state index in [1.165, 1.54) is 31.2 Å². The lowest BCUT2D eigenvalue weighted by Gasteiger charge is -2.13. The Kier molecular flexibility index (Phi) is 4.72. The highest BCUT2D eigenvalue weighted by atomic mass is 16.1. The van der Waals surface area contributed by atoms with E-state index >= 15 is 0 Å². The predicted molar refractivity (Wildman–Crippen MR) is 142 cm³/mol. The second kappa shape index (κ2) is 7.88. The fraction of sp³-hybridized carbons (Fsp3) is 0.379. The Morgan fingerprint density at radius 2 is 1.86 bits per heavy atom. The molecule has 2 fully saturated rings. The third-order valence-electron chi connectivity index (χ3n) is 7.61. The number of aromatic nitrogens is 6. The third kappa shape index (κ3) is 3.56. The second-order valence-electron chi connectivity index (χ2n) is 10.9. The summed E-state index contributed by atoms with van der Waals surface area (Å²) in [5.41, 5.74) is 7.22. The van der Waals surface area contributed by atoms with Gasteiger partial charge >= 0.3 is 0 Å². The summed E-state index contributed by atoms with van der Waals surface area (Å²) in [4.78, 5) is 19.0. The van der Waals surface area contributed by atoms with Gasteiger partial charge in [-0.2, -0.15) is 14.9 Å². The van der Waals surface area contributed by atoms with E-state index in [0.717, 1.165) is 45.4 Å². The van der Waals surface area contributed by atoms with Crippen LogP contribution in [0.25, 0.3) is 38.8 Å². The smallest absolute Gasteiger partial charge is 0.281 e. The van der Waals surface area contributed by atoms with Gasteiger partial charge in [0.25, 0.3) is 5.56 Å². The number of pyridine rings is 1.